The lowest BCUT2D eigenvalue weighted by atomic mass is 9.46. The van der Waals surface area contributed by atoms with Crippen molar-refractivity contribution < 1.29 is 0 Å². The van der Waals surface area contributed by atoms with Crippen LogP contribution in [0.5, 0.6) is 0 Å². The zero-order chi connectivity index (χ0) is 20.4. The van der Waals surface area contributed by atoms with E-state index in [1.54, 1.807) is 32.1 Å². The van der Waals surface area contributed by atoms with Gasteiger partial charge in [0.2, 0.25) is 0 Å². The predicted molar refractivity (Wildman–Crippen MR) is 124 cm³/mol. The first-order valence-corrected chi connectivity index (χ1v) is 13.4. The summed E-state index contributed by atoms with van der Waals surface area (Å²) in [5.74, 6) is 6.09. The Morgan fingerprint density at radius 2 is 1.54 bits per heavy atom. The van der Waals surface area contributed by atoms with Crippen molar-refractivity contribution in [2.75, 3.05) is 0 Å². The predicted octanol–water partition coefficient (Wildman–Crippen LogP) is 9.28. The van der Waals surface area contributed by atoms with Crippen molar-refractivity contribution in [1.29, 1.82) is 0 Å². The fourth-order valence-corrected chi connectivity index (χ4v) is 8.81. The minimum atomic E-state index is 0.643. The molecule has 7 atom stereocenters. The van der Waals surface area contributed by atoms with E-state index in [1.807, 2.05) is 0 Å². The van der Waals surface area contributed by atoms with Crippen LogP contribution in [0.1, 0.15) is 131 Å². The molecular formula is C28H52. The second kappa shape index (κ2) is 9.43. The lowest BCUT2D eigenvalue weighted by Gasteiger charge is -2.59. The zero-order valence-corrected chi connectivity index (χ0v) is 20.4. The molecule has 0 heterocycles. The van der Waals surface area contributed by atoms with Gasteiger partial charge in [-0.25, -0.2) is 0 Å². The maximum atomic E-state index is 2.74. The van der Waals surface area contributed by atoms with E-state index in [4.69, 9.17) is 0 Å². The molecule has 0 aromatic carbocycles. The smallest absolute Gasteiger partial charge is 0.0266 e. The van der Waals surface area contributed by atoms with Crippen LogP contribution in [-0.4, -0.2) is 0 Å². The van der Waals surface area contributed by atoms with Gasteiger partial charge in [-0.15, -0.1) is 0 Å². The third kappa shape index (κ3) is 4.23. The highest BCUT2D eigenvalue weighted by Crippen LogP contribution is 2.67. The maximum absolute atomic E-state index is 2.74. The van der Waals surface area contributed by atoms with Gasteiger partial charge in [-0.2, -0.15) is 0 Å². The van der Waals surface area contributed by atoms with E-state index in [2.05, 4.69) is 41.5 Å². The number of hydrogen-bond acceptors (Lipinski definition) is 0. The molecule has 0 spiro atoms. The standard InChI is InChI=1S/C28H52/c1-7-11-22-14-16-24-25-17-15-23(13-10-9-12-21(3)4)28(25,6)20-18-26(24)27(22,5)19-8-2/h21-26H,7-20H2,1-6H3. The molecule has 3 aliphatic carbocycles. The van der Waals surface area contributed by atoms with Crippen LogP contribution in [0.3, 0.4) is 0 Å². The second-order valence-corrected chi connectivity index (χ2v) is 12.2. The first kappa shape index (κ1) is 22.7. The summed E-state index contributed by atoms with van der Waals surface area (Å²) in [6.07, 6.45) is 21.0. The van der Waals surface area contributed by atoms with Crippen LogP contribution in [0.2, 0.25) is 0 Å². The molecule has 7 unspecified atom stereocenters. The van der Waals surface area contributed by atoms with Gasteiger partial charge in [0.15, 0.2) is 0 Å². The molecule has 0 bridgehead atoms. The molecule has 0 radical (unpaired) electrons. The number of hydrogen-bond donors (Lipinski definition) is 0. The van der Waals surface area contributed by atoms with Crippen LogP contribution in [0.15, 0.2) is 0 Å². The summed E-state index contributed by atoms with van der Waals surface area (Å²) >= 11 is 0. The molecule has 3 saturated carbocycles. The minimum absolute atomic E-state index is 0.643. The summed E-state index contributed by atoms with van der Waals surface area (Å²) in [7, 11) is 0. The fourth-order valence-electron chi connectivity index (χ4n) is 8.81. The van der Waals surface area contributed by atoms with E-state index in [1.165, 1.54) is 57.8 Å². The molecule has 0 aromatic rings. The summed E-state index contributed by atoms with van der Waals surface area (Å²) in [4.78, 5) is 0. The Morgan fingerprint density at radius 1 is 0.786 bits per heavy atom. The summed E-state index contributed by atoms with van der Waals surface area (Å²) < 4.78 is 0. The van der Waals surface area contributed by atoms with Crippen molar-refractivity contribution in [3.63, 3.8) is 0 Å². The van der Waals surface area contributed by atoms with Gasteiger partial charge < -0.3 is 0 Å². The van der Waals surface area contributed by atoms with Crippen molar-refractivity contribution in [3.8, 4) is 0 Å². The quantitative estimate of drug-likeness (QED) is 0.345. The Kier molecular flexibility index (Phi) is 7.64. The number of rotatable bonds is 9. The Bertz CT molecular complexity index is 478. The molecule has 0 aliphatic heterocycles. The van der Waals surface area contributed by atoms with E-state index in [-0.39, 0.29) is 0 Å². The first-order valence-electron chi connectivity index (χ1n) is 13.4. The molecular weight excluding hydrogens is 336 g/mol. The summed E-state index contributed by atoms with van der Waals surface area (Å²) in [5, 5.41) is 0. The second-order valence-electron chi connectivity index (χ2n) is 12.2. The Balaban J connectivity index is 1.69. The highest BCUT2D eigenvalue weighted by atomic mass is 14.6. The average molecular weight is 389 g/mol. The largest absolute Gasteiger partial charge is 0.0654 e. The van der Waals surface area contributed by atoms with Crippen molar-refractivity contribution in [3.05, 3.63) is 0 Å². The Labute approximate surface area is 178 Å². The molecule has 164 valence electrons. The topological polar surface area (TPSA) is 0 Å². The van der Waals surface area contributed by atoms with E-state index >= 15 is 0 Å². The molecule has 0 heteroatoms. The lowest BCUT2D eigenvalue weighted by Crippen LogP contribution is -2.51. The molecule has 3 rings (SSSR count). The van der Waals surface area contributed by atoms with Crippen molar-refractivity contribution >= 4 is 0 Å². The molecule has 0 N–H and O–H groups in total. The summed E-state index contributed by atoms with van der Waals surface area (Å²) in [6.45, 7) is 15.1. The van der Waals surface area contributed by atoms with Gasteiger partial charge in [-0.3, -0.25) is 0 Å². The van der Waals surface area contributed by atoms with Gasteiger partial charge in [0, 0.05) is 0 Å². The van der Waals surface area contributed by atoms with Crippen LogP contribution in [0, 0.1) is 46.3 Å². The van der Waals surface area contributed by atoms with E-state index in [9.17, 15) is 0 Å². The third-order valence-electron chi connectivity index (χ3n) is 10.3. The van der Waals surface area contributed by atoms with Gasteiger partial charge in [0.05, 0.1) is 0 Å². The molecule has 0 nitrogen and oxygen atoms in total. The monoisotopic (exact) mass is 388 g/mol. The van der Waals surface area contributed by atoms with E-state index < -0.39 is 0 Å². The number of fused-ring (bicyclic) bond motifs is 3. The summed E-state index contributed by atoms with van der Waals surface area (Å²) in [5.41, 5.74) is 1.33. The van der Waals surface area contributed by atoms with Gasteiger partial charge in [0.1, 0.15) is 0 Å². The Hall–Kier alpha value is 0. The van der Waals surface area contributed by atoms with Crippen LogP contribution < -0.4 is 0 Å². The van der Waals surface area contributed by atoms with Gasteiger partial charge in [-0.1, -0.05) is 80.1 Å². The van der Waals surface area contributed by atoms with Gasteiger partial charge in [0.25, 0.3) is 0 Å². The molecule has 0 amide bonds. The van der Waals surface area contributed by atoms with E-state index in [0.29, 0.717) is 10.8 Å². The summed E-state index contributed by atoms with van der Waals surface area (Å²) in [6, 6.07) is 0. The lowest BCUT2D eigenvalue weighted by molar-refractivity contribution is -0.102. The van der Waals surface area contributed by atoms with Crippen molar-refractivity contribution in [2.45, 2.75) is 131 Å². The van der Waals surface area contributed by atoms with Gasteiger partial charge in [-0.05, 0) is 97.7 Å². The molecule has 0 aromatic heterocycles. The fraction of sp³-hybridized carbons (Fsp3) is 1.00. The van der Waals surface area contributed by atoms with E-state index in [0.717, 1.165) is 35.5 Å². The van der Waals surface area contributed by atoms with Crippen LogP contribution >= 0.6 is 0 Å². The highest BCUT2D eigenvalue weighted by Gasteiger charge is 2.58. The zero-order valence-electron chi connectivity index (χ0n) is 20.4. The van der Waals surface area contributed by atoms with Crippen LogP contribution in [-0.2, 0) is 0 Å². The third-order valence-corrected chi connectivity index (χ3v) is 10.3. The molecule has 3 fully saturated rings. The minimum Gasteiger partial charge on any atom is -0.0654 e. The molecule has 3 aliphatic rings. The van der Waals surface area contributed by atoms with Crippen LogP contribution in [0.25, 0.3) is 0 Å². The van der Waals surface area contributed by atoms with Crippen molar-refractivity contribution in [2.24, 2.45) is 46.3 Å². The molecule has 0 saturated heterocycles. The number of unbranched alkanes of at least 4 members (excludes halogenated alkanes) is 1. The van der Waals surface area contributed by atoms with Gasteiger partial charge >= 0.3 is 0 Å². The Morgan fingerprint density at radius 3 is 2.21 bits per heavy atom. The average Bonchev–Trinajstić information content (AvgIpc) is 2.98. The van der Waals surface area contributed by atoms with Crippen LogP contribution in [0.4, 0.5) is 0 Å². The molecule has 28 heavy (non-hydrogen) atoms. The van der Waals surface area contributed by atoms with Crippen molar-refractivity contribution in [1.82, 2.24) is 0 Å². The SMILES string of the molecule is CCCC1CCC2C(CCC3(C)C(CCCCC(C)C)CCC23)C1(C)CCC. The maximum Gasteiger partial charge on any atom is -0.0266 e. The first-order chi connectivity index (χ1) is 13.4. The normalized spacial score (nSPS) is 43.2. The highest BCUT2D eigenvalue weighted by molar-refractivity contribution is 5.07.